The quantitative estimate of drug-likeness (QED) is 0.312. The van der Waals surface area contributed by atoms with E-state index in [0.717, 1.165) is 43.9 Å². The molecule has 0 atom stereocenters. The number of hydrogen-bond acceptors (Lipinski definition) is 6. The summed E-state index contributed by atoms with van der Waals surface area (Å²) >= 11 is 0. The molecule has 4 N–H and O–H groups in total. The lowest BCUT2D eigenvalue weighted by Gasteiger charge is -2.34. The van der Waals surface area contributed by atoms with Gasteiger partial charge in [0, 0.05) is 44.8 Å². The summed E-state index contributed by atoms with van der Waals surface area (Å²) in [6, 6.07) is 10.8. The molecule has 260 valence electrons. The molecule has 0 unspecified atom stereocenters. The van der Waals surface area contributed by atoms with Crippen LogP contribution >= 0.6 is 0 Å². The number of carboxylic acids is 2. The Morgan fingerprint density at radius 3 is 1.43 bits per heavy atom. The molecule has 20 heteroatoms. The Hall–Kier alpha value is -3.62. The van der Waals surface area contributed by atoms with Crippen LogP contribution < -0.4 is 0 Å². The predicted molar refractivity (Wildman–Crippen MR) is 134 cm³/mol. The number of benzene rings is 2. The Morgan fingerprint density at radius 1 is 0.652 bits per heavy atom. The molecule has 0 radical (unpaired) electrons. The fourth-order valence-electron chi connectivity index (χ4n) is 3.81. The molecule has 1 fully saturated rings. The summed E-state index contributed by atoms with van der Waals surface area (Å²) in [7, 11) is 0. The lowest BCUT2D eigenvalue weighted by molar-refractivity contribution is -0.376. The molecule has 0 spiro atoms. The van der Waals surface area contributed by atoms with E-state index in [1.165, 1.54) is 0 Å². The van der Waals surface area contributed by atoms with Gasteiger partial charge in [0.2, 0.25) is 0 Å². The van der Waals surface area contributed by atoms with Gasteiger partial charge in [0.25, 0.3) is 5.60 Å². The molecule has 2 aromatic rings. The van der Waals surface area contributed by atoms with E-state index in [1.807, 2.05) is 12.1 Å². The first-order valence-corrected chi connectivity index (χ1v) is 12.6. The minimum atomic E-state index is -5.91. The standard InChI is InChI=1S/C22H24F6N2O2.2C2HF3O2/c23-21(24,25)20(32,22(26,27)28)19-6-4-17(5-7-19)18-3-1-2-16(14-18)15-30-10-8-29(9-11-30)12-13-31;2*3-2(4,5)1(6)7/h1-7,14,31-32H,8-13,15H2;2*(H,6,7). The second-order valence-electron chi connectivity index (χ2n) is 9.43. The number of aliphatic hydroxyl groups excluding tert-OH is 1. The van der Waals surface area contributed by atoms with Crippen LogP contribution in [0.4, 0.5) is 52.7 Å². The van der Waals surface area contributed by atoms with Crippen molar-refractivity contribution in [1.29, 1.82) is 0 Å². The molecule has 0 aromatic heterocycles. The number of hydrogen-bond donors (Lipinski definition) is 4. The number of β-amino-alcohol motifs (C(OH)–C–C–N with tert-alkyl or cyclic N) is 1. The lowest BCUT2D eigenvalue weighted by Crippen LogP contribution is -2.53. The molecule has 1 heterocycles. The van der Waals surface area contributed by atoms with Crippen LogP contribution in [0.25, 0.3) is 11.1 Å². The van der Waals surface area contributed by atoms with Crippen LogP contribution in [0, 0.1) is 0 Å². The minimum absolute atomic E-state index is 0.115. The summed E-state index contributed by atoms with van der Waals surface area (Å²) in [5.74, 6) is -5.51. The van der Waals surface area contributed by atoms with Gasteiger partial charge in [-0.25, -0.2) is 9.59 Å². The van der Waals surface area contributed by atoms with Crippen LogP contribution in [0.15, 0.2) is 48.5 Å². The van der Waals surface area contributed by atoms with Crippen molar-refractivity contribution < 1.29 is 82.7 Å². The number of aliphatic carboxylic acids is 2. The topological polar surface area (TPSA) is 122 Å². The average Bonchev–Trinajstić information content (AvgIpc) is 2.92. The molecule has 3 rings (SSSR count). The van der Waals surface area contributed by atoms with Crippen molar-refractivity contribution in [1.82, 2.24) is 9.80 Å². The van der Waals surface area contributed by atoms with Crippen molar-refractivity contribution in [3.8, 4) is 11.1 Å². The van der Waals surface area contributed by atoms with Gasteiger partial charge in [-0.1, -0.05) is 42.5 Å². The summed E-state index contributed by atoms with van der Waals surface area (Å²) in [6.07, 6.45) is -22.0. The molecule has 0 saturated carbocycles. The molecule has 1 aliphatic heterocycles. The van der Waals surface area contributed by atoms with E-state index in [-0.39, 0.29) is 6.61 Å². The third kappa shape index (κ3) is 11.6. The summed E-state index contributed by atoms with van der Waals surface area (Å²) < 4.78 is 142. The zero-order chi connectivity index (χ0) is 35.7. The first kappa shape index (κ1) is 40.4. The second-order valence-corrected chi connectivity index (χ2v) is 9.43. The molecular weight excluding hydrogens is 664 g/mol. The van der Waals surface area contributed by atoms with E-state index < -0.39 is 47.8 Å². The van der Waals surface area contributed by atoms with Gasteiger partial charge in [0.15, 0.2) is 0 Å². The van der Waals surface area contributed by atoms with Crippen LogP contribution in [-0.2, 0) is 21.7 Å². The number of nitrogens with zero attached hydrogens (tertiary/aromatic N) is 2. The first-order chi connectivity index (χ1) is 20.8. The SMILES string of the molecule is O=C(O)C(F)(F)F.O=C(O)C(F)(F)F.OCCN1CCN(Cc2cccc(-c3ccc(C(O)(C(F)(F)F)C(F)(F)F)cc3)c2)CC1. The summed E-state index contributed by atoms with van der Waals surface area (Å²) in [5.41, 5.74) is -4.16. The zero-order valence-electron chi connectivity index (χ0n) is 23.1. The van der Waals surface area contributed by atoms with Gasteiger partial charge in [-0.2, -0.15) is 52.7 Å². The highest BCUT2D eigenvalue weighted by atomic mass is 19.4. The number of alkyl halides is 12. The average molecular weight is 690 g/mol. The van der Waals surface area contributed by atoms with E-state index in [9.17, 15) is 57.8 Å². The van der Waals surface area contributed by atoms with Crippen molar-refractivity contribution in [3.05, 3.63) is 59.7 Å². The van der Waals surface area contributed by atoms with Crippen molar-refractivity contribution in [3.63, 3.8) is 0 Å². The van der Waals surface area contributed by atoms with E-state index >= 15 is 0 Å². The van der Waals surface area contributed by atoms with Crippen LogP contribution in [0.5, 0.6) is 0 Å². The maximum Gasteiger partial charge on any atom is 0.490 e. The van der Waals surface area contributed by atoms with Gasteiger partial charge in [-0.05, 0) is 22.8 Å². The number of rotatable bonds is 6. The molecule has 1 saturated heterocycles. The number of carbonyl (C=O) groups is 2. The van der Waals surface area contributed by atoms with Gasteiger partial charge < -0.3 is 20.4 Å². The number of carboxylic acid groups (broad SMARTS) is 2. The maximum absolute atomic E-state index is 13.1. The van der Waals surface area contributed by atoms with Gasteiger partial charge in [0.05, 0.1) is 6.61 Å². The van der Waals surface area contributed by atoms with Crippen LogP contribution in [0.1, 0.15) is 11.1 Å². The largest absolute Gasteiger partial charge is 0.490 e. The Balaban J connectivity index is 0.000000629. The first-order valence-electron chi connectivity index (χ1n) is 12.6. The van der Waals surface area contributed by atoms with Crippen molar-refractivity contribution in [2.75, 3.05) is 39.3 Å². The third-order valence-electron chi connectivity index (χ3n) is 6.16. The maximum atomic E-state index is 13.1. The van der Waals surface area contributed by atoms with Crippen LogP contribution in [0.3, 0.4) is 0 Å². The number of aliphatic hydroxyl groups is 2. The van der Waals surface area contributed by atoms with Crippen LogP contribution in [0.2, 0.25) is 0 Å². The third-order valence-corrected chi connectivity index (χ3v) is 6.16. The monoisotopic (exact) mass is 690 g/mol. The van der Waals surface area contributed by atoms with Gasteiger partial charge in [-0.15, -0.1) is 0 Å². The minimum Gasteiger partial charge on any atom is -0.475 e. The molecule has 2 aromatic carbocycles. The highest BCUT2D eigenvalue weighted by Crippen LogP contribution is 2.50. The van der Waals surface area contributed by atoms with E-state index in [2.05, 4.69) is 9.80 Å². The summed E-state index contributed by atoms with van der Waals surface area (Å²) in [6.45, 7) is 4.73. The molecule has 8 nitrogen and oxygen atoms in total. The normalized spacial score (nSPS) is 15.3. The van der Waals surface area contributed by atoms with Crippen LogP contribution in [-0.4, -0.2) is 106 Å². The van der Waals surface area contributed by atoms with E-state index in [4.69, 9.17) is 24.9 Å². The highest BCUT2D eigenvalue weighted by molar-refractivity contribution is 5.73. The van der Waals surface area contributed by atoms with Crippen molar-refractivity contribution in [2.24, 2.45) is 0 Å². The second kappa shape index (κ2) is 15.8. The summed E-state index contributed by atoms with van der Waals surface area (Å²) in [4.78, 5) is 22.2. The molecule has 0 bridgehead atoms. The molecule has 1 aliphatic rings. The van der Waals surface area contributed by atoms with Crippen molar-refractivity contribution in [2.45, 2.75) is 36.9 Å². The summed E-state index contributed by atoms with van der Waals surface area (Å²) in [5, 5.41) is 32.8. The Morgan fingerprint density at radius 2 is 1.07 bits per heavy atom. The molecule has 0 amide bonds. The lowest BCUT2D eigenvalue weighted by atomic mass is 9.90. The Kier molecular flexibility index (Phi) is 13.9. The highest BCUT2D eigenvalue weighted by Gasteiger charge is 2.71. The fraction of sp³-hybridized carbons (Fsp3) is 0.462. The van der Waals surface area contributed by atoms with Crippen molar-refractivity contribution >= 4 is 11.9 Å². The number of halogens is 12. The zero-order valence-corrected chi connectivity index (χ0v) is 23.1. The Labute approximate surface area is 252 Å². The molecule has 46 heavy (non-hydrogen) atoms. The number of piperazine rings is 1. The van der Waals surface area contributed by atoms with Gasteiger partial charge >= 0.3 is 36.6 Å². The smallest absolute Gasteiger partial charge is 0.475 e. The van der Waals surface area contributed by atoms with E-state index in [0.29, 0.717) is 36.3 Å². The van der Waals surface area contributed by atoms with Gasteiger partial charge in [-0.3, -0.25) is 9.80 Å². The van der Waals surface area contributed by atoms with E-state index in [1.54, 1.807) is 12.1 Å². The fourth-order valence-corrected chi connectivity index (χ4v) is 3.81. The molecular formula is C26H26F12N2O6. The predicted octanol–water partition coefficient (Wildman–Crippen LogP) is 5.04. The molecule has 0 aliphatic carbocycles. The Bertz CT molecular complexity index is 1230. The van der Waals surface area contributed by atoms with Gasteiger partial charge in [0.1, 0.15) is 0 Å².